The van der Waals surface area contributed by atoms with Crippen LogP contribution in [0.1, 0.15) is 27.8 Å². The number of fused-ring (bicyclic) bond motifs is 6. The van der Waals surface area contributed by atoms with Gasteiger partial charge >= 0.3 is 0 Å². The van der Waals surface area contributed by atoms with Gasteiger partial charge < -0.3 is 0 Å². The third-order valence-corrected chi connectivity index (χ3v) is 6.80. The quantitative estimate of drug-likeness (QED) is 0.258. The van der Waals surface area contributed by atoms with E-state index in [1.54, 1.807) is 0 Å². The molecule has 0 nitrogen and oxygen atoms in total. The fourth-order valence-electron chi connectivity index (χ4n) is 5.44. The third-order valence-electron chi connectivity index (χ3n) is 6.80. The second-order valence-electron chi connectivity index (χ2n) is 8.52. The first kappa shape index (κ1) is 17.5. The number of allylic oxidation sites excluding steroid dienone is 2. The fraction of sp³-hybridized carbons (Fsp3) is 0. The molecular formula is C32H20. The predicted molar refractivity (Wildman–Crippen MR) is 136 cm³/mol. The molecule has 0 heterocycles. The summed E-state index contributed by atoms with van der Waals surface area (Å²) >= 11 is 0. The molecular weight excluding hydrogens is 384 g/mol. The summed E-state index contributed by atoms with van der Waals surface area (Å²) in [6, 6.07) is 41.8. The van der Waals surface area contributed by atoms with Crippen molar-refractivity contribution in [2.45, 2.75) is 0 Å². The van der Waals surface area contributed by atoms with Crippen LogP contribution in [0, 0.1) is 0 Å². The van der Waals surface area contributed by atoms with Crippen molar-refractivity contribution < 1.29 is 0 Å². The molecule has 7 rings (SSSR count). The van der Waals surface area contributed by atoms with Gasteiger partial charge in [-0.15, -0.1) is 0 Å². The topological polar surface area (TPSA) is 0 Å². The molecule has 0 unspecified atom stereocenters. The minimum atomic E-state index is 1.26. The minimum absolute atomic E-state index is 1.26. The van der Waals surface area contributed by atoms with E-state index in [-0.39, 0.29) is 0 Å². The summed E-state index contributed by atoms with van der Waals surface area (Å²) in [5.41, 5.74) is 13.2. The zero-order chi connectivity index (χ0) is 21.1. The Kier molecular flexibility index (Phi) is 3.65. The molecule has 5 aromatic rings. The molecule has 148 valence electrons. The second-order valence-corrected chi connectivity index (χ2v) is 8.52. The molecule has 2 aliphatic rings. The van der Waals surface area contributed by atoms with E-state index in [1.807, 2.05) is 0 Å². The highest BCUT2D eigenvalue weighted by Crippen LogP contribution is 2.54. The summed E-state index contributed by atoms with van der Waals surface area (Å²) in [5.74, 6) is 0. The maximum atomic E-state index is 2.38. The molecule has 0 fully saturated rings. The molecule has 0 heteroatoms. The van der Waals surface area contributed by atoms with Crippen molar-refractivity contribution in [1.29, 1.82) is 0 Å². The van der Waals surface area contributed by atoms with Crippen molar-refractivity contribution in [3.05, 3.63) is 143 Å². The Morgan fingerprint density at radius 1 is 0.406 bits per heavy atom. The van der Waals surface area contributed by atoms with Crippen molar-refractivity contribution in [2.75, 3.05) is 0 Å². The molecule has 2 aliphatic carbocycles. The zero-order valence-corrected chi connectivity index (χ0v) is 17.5. The van der Waals surface area contributed by atoms with E-state index >= 15 is 0 Å². The summed E-state index contributed by atoms with van der Waals surface area (Å²) in [5, 5.41) is 2.60. The highest BCUT2D eigenvalue weighted by Gasteiger charge is 2.31. The largest absolute Gasteiger partial charge is 0.0622 e. The molecule has 0 aliphatic heterocycles. The predicted octanol–water partition coefficient (Wildman–Crippen LogP) is 8.33. The van der Waals surface area contributed by atoms with E-state index < -0.39 is 0 Å². The van der Waals surface area contributed by atoms with E-state index in [0.717, 1.165) is 0 Å². The van der Waals surface area contributed by atoms with Crippen LogP contribution in [-0.4, -0.2) is 0 Å². The SMILES string of the molecule is C1=C(c2ccccc2)C(=C2c3ccccc3-c3ccccc32)c2c1ccc1ccccc21. The molecule has 32 heavy (non-hydrogen) atoms. The van der Waals surface area contributed by atoms with Crippen LogP contribution in [0.2, 0.25) is 0 Å². The van der Waals surface area contributed by atoms with Crippen molar-refractivity contribution in [2.24, 2.45) is 0 Å². The number of rotatable bonds is 1. The van der Waals surface area contributed by atoms with Gasteiger partial charge in [0, 0.05) is 0 Å². The van der Waals surface area contributed by atoms with Gasteiger partial charge in [0.15, 0.2) is 0 Å². The van der Waals surface area contributed by atoms with E-state index in [2.05, 4.69) is 121 Å². The zero-order valence-electron chi connectivity index (χ0n) is 17.5. The maximum absolute atomic E-state index is 2.38. The Morgan fingerprint density at radius 3 is 1.72 bits per heavy atom. The Hall–Kier alpha value is -4.16. The average Bonchev–Trinajstić information content (AvgIpc) is 3.40. The molecule has 0 saturated heterocycles. The van der Waals surface area contributed by atoms with Crippen LogP contribution in [0.15, 0.2) is 115 Å². The molecule has 0 amide bonds. The lowest BCUT2D eigenvalue weighted by Gasteiger charge is -2.16. The number of benzene rings is 5. The number of hydrogen-bond donors (Lipinski definition) is 0. The van der Waals surface area contributed by atoms with Gasteiger partial charge in [-0.2, -0.15) is 0 Å². The van der Waals surface area contributed by atoms with Gasteiger partial charge in [-0.1, -0.05) is 115 Å². The molecule has 5 aromatic carbocycles. The molecule has 0 radical (unpaired) electrons. The fourth-order valence-corrected chi connectivity index (χ4v) is 5.44. The van der Waals surface area contributed by atoms with E-state index in [0.29, 0.717) is 0 Å². The minimum Gasteiger partial charge on any atom is -0.0622 e. The van der Waals surface area contributed by atoms with Gasteiger partial charge in [0.2, 0.25) is 0 Å². The molecule has 0 spiro atoms. The third kappa shape index (κ3) is 2.38. The van der Waals surface area contributed by atoms with E-state index in [4.69, 9.17) is 0 Å². The Labute approximate surface area is 187 Å². The van der Waals surface area contributed by atoms with Gasteiger partial charge in [-0.25, -0.2) is 0 Å². The molecule has 0 bridgehead atoms. The van der Waals surface area contributed by atoms with E-state index in [1.165, 1.54) is 66.4 Å². The van der Waals surface area contributed by atoms with Gasteiger partial charge in [0.25, 0.3) is 0 Å². The smallest absolute Gasteiger partial charge is 0.000786 e. The van der Waals surface area contributed by atoms with Crippen LogP contribution >= 0.6 is 0 Å². The van der Waals surface area contributed by atoms with Crippen LogP contribution in [0.4, 0.5) is 0 Å². The van der Waals surface area contributed by atoms with Crippen molar-refractivity contribution >= 4 is 33.6 Å². The summed E-state index contributed by atoms with van der Waals surface area (Å²) < 4.78 is 0. The summed E-state index contributed by atoms with van der Waals surface area (Å²) in [4.78, 5) is 0. The highest BCUT2D eigenvalue weighted by molar-refractivity contribution is 6.31. The first-order valence-electron chi connectivity index (χ1n) is 11.1. The van der Waals surface area contributed by atoms with Crippen molar-refractivity contribution in [3.8, 4) is 11.1 Å². The van der Waals surface area contributed by atoms with E-state index in [9.17, 15) is 0 Å². The Morgan fingerprint density at radius 2 is 1.00 bits per heavy atom. The first-order valence-corrected chi connectivity index (χ1v) is 11.1. The molecule has 0 aromatic heterocycles. The summed E-state index contributed by atoms with van der Waals surface area (Å²) in [6.07, 6.45) is 2.38. The monoisotopic (exact) mass is 404 g/mol. The average molecular weight is 405 g/mol. The standard InChI is InChI=1S/C32H20/c1-2-10-21(11-3-1)29-20-23-19-18-22-12-4-5-13-24(22)30(23)32(29)31-27-16-8-6-14-25(27)26-15-7-9-17-28(26)31/h1-20H. The lowest BCUT2D eigenvalue weighted by Crippen LogP contribution is -1.94. The van der Waals surface area contributed by atoms with Crippen LogP contribution in [-0.2, 0) is 0 Å². The van der Waals surface area contributed by atoms with Gasteiger partial charge in [0.1, 0.15) is 0 Å². The summed E-state index contributed by atoms with van der Waals surface area (Å²) in [6.45, 7) is 0. The van der Waals surface area contributed by atoms with Crippen molar-refractivity contribution in [3.63, 3.8) is 0 Å². The van der Waals surface area contributed by atoms with Gasteiger partial charge in [0.05, 0.1) is 0 Å². The van der Waals surface area contributed by atoms with Gasteiger partial charge in [-0.05, 0) is 72.5 Å². The number of hydrogen-bond acceptors (Lipinski definition) is 0. The molecule has 0 atom stereocenters. The first-order chi connectivity index (χ1) is 15.9. The van der Waals surface area contributed by atoms with Crippen LogP contribution < -0.4 is 0 Å². The van der Waals surface area contributed by atoms with Crippen LogP contribution in [0.5, 0.6) is 0 Å². The Balaban J connectivity index is 1.67. The lowest BCUT2D eigenvalue weighted by atomic mass is 9.86. The van der Waals surface area contributed by atoms with Crippen LogP contribution in [0.25, 0.3) is 44.7 Å². The molecule has 0 N–H and O–H groups in total. The lowest BCUT2D eigenvalue weighted by molar-refractivity contribution is 1.62. The highest BCUT2D eigenvalue weighted by atomic mass is 14.3. The summed E-state index contributed by atoms with van der Waals surface area (Å²) in [7, 11) is 0. The maximum Gasteiger partial charge on any atom is -0.000786 e. The molecule has 0 saturated carbocycles. The normalized spacial score (nSPS) is 13.7. The van der Waals surface area contributed by atoms with Gasteiger partial charge in [-0.3, -0.25) is 0 Å². The van der Waals surface area contributed by atoms with Crippen LogP contribution in [0.3, 0.4) is 0 Å². The second kappa shape index (κ2) is 6.67. The van der Waals surface area contributed by atoms with Crippen molar-refractivity contribution in [1.82, 2.24) is 0 Å². The Bertz CT molecular complexity index is 1550.